The van der Waals surface area contributed by atoms with E-state index in [4.69, 9.17) is 18.9 Å². The van der Waals surface area contributed by atoms with E-state index in [9.17, 15) is 0 Å². The Labute approximate surface area is 191 Å². The third kappa shape index (κ3) is 6.50. The summed E-state index contributed by atoms with van der Waals surface area (Å²) >= 11 is 0. The summed E-state index contributed by atoms with van der Waals surface area (Å²) in [5.74, 6) is 2.77. The van der Waals surface area contributed by atoms with Crippen molar-refractivity contribution in [2.45, 2.75) is 44.8 Å². The summed E-state index contributed by atoms with van der Waals surface area (Å²) in [7, 11) is 0. The van der Waals surface area contributed by atoms with E-state index < -0.39 is 0 Å². The third-order valence-electron chi connectivity index (χ3n) is 5.94. The number of ether oxygens (including phenoxy) is 2. The molecule has 0 bridgehead atoms. The molecule has 7 nitrogen and oxygen atoms in total. The van der Waals surface area contributed by atoms with Gasteiger partial charge in [0.1, 0.15) is 17.1 Å². The molecule has 0 aliphatic carbocycles. The van der Waals surface area contributed by atoms with Gasteiger partial charge in [0.05, 0.1) is 25.5 Å². The van der Waals surface area contributed by atoms with E-state index in [1.807, 2.05) is 18.2 Å². The van der Waals surface area contributed by atoms with Crippen molar-refractivity contribution in [2.75, 3.05) is 45.9 Å². The Bertz CT molecular complexity index is 860. The fourth-order valence-corrected chi connectivity index (χ4v) is 4.32. The molecule has 7 heteroatoms. The summed E-state index contributed by atoms with van der Waals surface area (Å²) in [6, 6.07) is 12.4. The van der Waals surface area contributed by atoms with Crippen LogP contribution in [-0.4, -0.2) is 62.4 Å². The lowest BCUT2D eigenvalue weighted by Gasteiger charge is -2.38. The Hall–Kier alpha value is -2.51. The smallest absolute Gasteiger partial charge is 0.191 e. The molecule has 4 rings (SSSR count). The molecule has 1 aromatic carbocycles. The fourth-order valence-electron chi connectivity index (χ4n) is 4.32. The number of nitrogens with zero attached hydrogens (tertiary/aromatic N) is 2. The average molecular weight is 441 g/mol. The molecule has 1 atom stereocenters. The molecule has 2 aliphatic rings. The highest BCUT2D eigenvalue weighted by molar-refractivity contribution is 5.80. The lowest BCUT2D eigenvalue weighted by Crippen LogP contribution is -2.46. The van der Waals surface area contributed by atoms with Crippen molar-refractivity contribution >= 4 is 5.96 Å². The van der Waals surface area contributed by atoms with Crippen molar-refractivity contribution < 1.29 is 13.9 Å². The van der Waals surface area contributed by atoms with E-state index in [2.05, 4.69) is 47.6 Å². The van der Waals surface area contributed by atoms with Gasteiger partial charge in [-0.25, -0.2) is 0 Å². The van der Waals surface area contributed by atoms with Gasteiger partial charge < -0.3 is 24.5 Å². The monoisotopic (exact) mass is 440 g/mol. The zero-order valence-electron chi connectivity index (χ0n) is 19.3. The molecule has 2 aliphatic heterocycles. The number of morpholine rings is 1. The van der Waals surface area contributed by atoms with Crippen LogP contribution in [0.5, 0.6) is 5.75 Å². The number of hydrogen-bond acceptors (Lipinski definition) is 5. The molecule has 1 aromatic heterocycles. The minimum Gasteiger partial charge on any atom is -0.487 e. The van der Waals surface area contributed by atoms with Crippen LogP contribution in [0.2, 0.25) is 0 Å². The van der Waals surface area contributed by atoms with E-state index in [1.165, 1.54) is 5.56 Å². The molecule has 0 spiro atoms. The highest BCUT2D eigenvalue weighted by Crippen LogP contribution is 2.39. The summed E-state index contributed by atoms with van der Waals surface area (Å²) < 4.78 is 17.1. The average Bonchev–Trinajstić information content (AvgIpc) is 3.30. The first kappa shape index (κ1) is 22.7. The van der Waals surface area contributed by atoms with Gasteiger partial charge in [-0.15, -0.1) is 0 Å². The Morgan fingerprint density at radius 2 is 2.00 bits per heavy atom. The quantitative estimate of drug-likeness (QED) is 0.373. The zero-order chi connectivity index (χ0) is 22.2. The minimum atomic E-state index is -0.234. The highest BCUT2D eigenvalue weighted by atomic mass is 16.5. The standard InChI is InChI=1S/C25H36N4O3/c1-25(2)19-22(21-8-3-4-9-23(21)32-25)28-24(27-12-10-20-7-5-16-31-20)26-11-6-13-29-14-17-30-18-15-29/h3-5,7-9,16,22H,6,10-15,17-19H2,1-2H3,(H2,26,27,28). The second kappa shape index (κ2) is 10.9. The molecule has 1 unspecified atom stereocenters. The van der Waals surface area contributed by atoms with Crippen molar-refractivity contribution in [3.63, 3.8) is 0 Å². The molecule has 0 amide bonds. The first-order valence-electron chi connectivity index (χ1n) is 11.7. The number of hydrogen-bond donors (Lipinski definition) is 2. The molecule has 32 heavy (non-hydrogen) atoms. The summed E-state index contributed by atoms with van der Waals surface area (Å²) in [4.78, 5) is 7.36. The predicted octanol–water partition coefficient (Wildman–Crippen LogP) is 3.38. The number of furan rings is 1. The van der Waals surface area contributed by atoms with Crippen LogP contribution in [0.25, 0.3) is 0 Å². The SMILES string of the molecule is CC1(C)CC(NC(=NCCCN2CCOCC2)NCCc2ccco2)c2ccccc2O1. The summed E-state index contributed by atoms with van der Waals surface area (Å²) in [6.07, 6.45) is 4.43. The number of rotatable bonds is 8. The lowest BCUT2D eigenvalue weighted by molar-refractivity contribution is 0.0377. The normalized spacial score (nSPS) is 20.9. The van der Waals surface area contributed by atoms with Gasteiger partial charge in [0.15, 0.2) is 5.96 Å². The van der Waals surface area contributed by atoms with Gasteiger partial charge in [0.25, 0.3) is 0 Å². The first-order valence-corrected chi connectivity index (χ1v) is 11.7. The van der Waals surface area contributed by atoms with Crippen LogP contribution in [0.1, 0.15) is 44.1 Å². The van der Waals surface area contributed by atoms with Gasteiger partial charge in [0, 0.05) is 51.1 Å². The van der Waals surface area contributed by atoms with Crippen LogP contribution in [0.15, 0.2) is 52.1 Å². The van der Waals surface area contributed by atoms with Crippen LogP contribution in [0, 0.1) is 0 Å². The van der Waals surface area contributed by atoms with Crippen molar-refractivity contribution in [3.05, 3.63) is 54.0 Å². The van der Waals surface area contributed by atoms with Crippen LogP contribution in [0.3, 0.4) is 0 Å². The third-order valence-corrected chi connectivity index (χ3v) is 5.94. The zero-order valence-corrected chi connectivity index (χ0v) is 19.3. The number of fused-ring (bicyclic) bond motifs is 1. The highest BCUT2D eigenvalue weighted by Gasteiger charge is 2.34. The Morgan fingerprint density at radius 3 is 2.81 bits per heavy atom. The van der Waals surface area contributed by atoms with E-state index in [-0.39, 0.29) is 11.6 Å². The number of para-hydroxylation sites is 1. The van der Waals surface area contributed by atoms with Gasteiger partial charge in [-0.1, -0.05) is 18.2 Å². The molecular weight excluding hydrogens is 404 g/mol. The molecule has 174 valence electrons. The van der Waals surface area contributed by atoms with Crippen molar-refractivity contribution in [1.82, 2.24) is 15.5 Å². The van der Waals surface area contributed by atoms with E-state index in [0.717, 1.165) is 82.7 Å². The Kier molecular flexibility index (Phi) is 7.71. The van der Waals surface area contributed by atoms with Crippen molar-refractivity contribution in [3.8, 4) is 5.75 Å². The van der Waals surface area contributed by atoms with Gasteiger partial charge in [-0.05, 0) is 38.5 Å². The molecular formula is C25H36N4O3. The molecule has 0 radical (unpaired) electrons. The molecule has 1 saturated heterocycles. The summed E-state index contributed by atoms with van der Waals surface area (Å²) in [5, 5.41) is 7.19. The minimum absolute atomic E-state index is 0.143. The van der Waals surface area contributed by atoms with Crippen molar-refractivity contribution in [1.29, 1.82) is 0 Å². The maximum absolute atomic E-state index is 6.20. The Morgan fingerprint density at radius 1 is 1.16 bits per heavy atom. The van der Waals surface area contributed by atoms with Gasteiger partial charge in [-0.2, -0.15) is 0 Å². The van der Waals surface area contributed by atoms with Crippen LogP contribution >= 0.6 is 0 Å². The largest absolute Gasteiger partial charge is 0.487 e. The number of benzene rings is 1. The molecule has 1 fully saturated rings. The second-order valence-electron chi connectivity index (χ2n) is 9.09. The maximum atomic E-state index is 6.20. The topological polar surface area (TPSA) is 71.3 Å². The van der Waals surface area contributed by atoms with Crippen molar-refractivity contribution in [2.24, 2.45) is 4.99 Å². The maximum Gasteiger partial charge on any atom is 0.191 e. The van der Waals surface area contributed by atoms with Crippen LogP contribution in [0.4, 0.5) is 0 Å². The van der Waals surface area contributed by atoms with Gasteiger partial charge in [0.2, 0.25) is 0 Å². The van der Waals surface area contributed by atoms with E-state index in [0.29, 0.717) is 0 Å². The lowest BCUT2D eigenvalue weighted by atomic mass is 9.90. The van der Waals surface area contributed by atoms with E-state index >= 15 is 0 Å². The number of guanidine groups is 1. The second-order valence-corrected chi connectivity index (χ2v) is 9.09. The summed E-state index contributed by atoms with van der Waals surface area (Å²) in [5.41, 5.74) is 0.947. The van der Waals surface area contributed by atoms with Gasteiger partial charge in [-0.3, -0.25) is 9.89 Å². The molecule has 0 saturated carbocycles. The first-order chi connectivity index (χ1) is 15.6. The molecule has 3 heterocycles. The van der Waals surface area contributed by atoms with Crippen LogP contribution in [-0.2, 0) is 11.2 Å². The van der Waals surface area contributed by atoms with Gasteiger partial charge >= 0.3 is 0 Å². The fraction of sp³-hybridized carbons (Fsp3) is 0.560. The molecule has 2 N–H and O–H groups in total. The predicted molar refractivity (Wildman–Crippen MR) is 126 cm³/mol. The van der Waals surface area contributed by atoms with E-state index in [1.54, 1.807) is 6.26 Å². The number of nitrogens with one attached hydrogen (secondary N) is 2. The summed E-state index contributed by atoms with van der Waals surface area (Å²) in [6.45, 7) is 10.6. The van der Waals surface area contributed by atoms with Crippen LogP contribution < -0.4 is 15.4 Å². The number of aliphatic imine (C=N–C) groups is 1. The molecule has 2 aromatic rings. The Balaban J connectivity index is 1.39.